The lowest BCUT2D eigenvalue weighted by Gasteiger charge is -2.36. The maximum Gasteiger partial charge on any atom is 0.339 e. The molecule has 9 rings (SSSR count). The van der Waals surface area contributed by atoms with Crippen LogP contribution in [0.4, 0.5) is 23.1 Å². The lowest BCUT2D eigenvalue weighted by molar-refractivity contribution is -0.136. The van der Waals surface area contributed by atoms with E-state index < -0.39 is 40.8 Å². The first-order valence-corrected chi connectivity index (χ1v) is 20.9. The van der Waals surface area contributed by atoms with E-state index in [4.69, 9.17) is 14.1 Å². The van der Waals surface area contributed by atoms with Gasteiger partial charge in [0.25, 0.3) is 17.7 Å². The largest absolute Gasteiger partial charge is 0.451 e. The fourth-order valence-electron chi connectivity index (χ4n) is 8.54. The molecule has 4 aliphatic rings. The molecule has 4 N–H and O–H groups in total. The maximum atomic E-state index is 13.4. The molecule has 3 aromatic carbocycles. The van der Waals surface area contributed by atoms with Gasteiger partial charge in [0.15, 0.2) is 0 Å². The van der Waals surface area contributed by atoms with Gasteiger partial charge >= 0.3 is 5.97 Å². The predicted molar refractivity (Wildman–Crippen MR) is 228 cm³/mol. The Kier molecular flexibility index (Phi) is 10.7. The average molecular weight is 855 g/mol. The number of hydrogen-bond acceptors (Lipinski definition) is 16. The number of esters is 1. The van der Waals surface area contributed by atoms with Gasteiger partial charge in [-0.1, -0.05) is 30.3 Å². The van der Waals surface area contributed by atoms with E-state index in [1.807, 2.05) is 63.2 Å². The van der Waals surface area contributed by atoms with Crippen LogP contribution in [0.1, 0.15) is 88.1 Å². The first-order chi connectivity index (χ1) is 30.3. The second-order valence-electron chi connectivity index (χ2n) is 16.8. The van der Waals surface area contributed by atoms with Crippen LogP contribution in [0.25, 0.3) is 11.5 Å². The van der Waals surface area contributed by atoms with Gasteiger partial charge in [-0.3, -0.25) is 34.3 Å². The molecule has 18 nitrogen and oxygen atoms in total. The monoisotopic (exact) mass is 854 g/mol. The Morgan fingerprint density at radius 3 is 2.43 bits per heavy atom. The van der Waals surface area contributed by atoms with Gasteiger partial charge in [-0.25, -0.2) is 9.78 Å². The number of amides is 4. The second-order valence-corrected chi connectivity index (χ2v) is 16.8. The molecule has 324 valence electrons. The third-order valence-corrected chi connectivity index (χ3v) is 12.1. The Morgan fingerprint density at radius 1 is 0.905 bits per heavy atom. The van der Waals surface area contributed by atoms with Gasteiger partial charge in [-0.15, -0.1) is 10.2 Å². The SMILES string of the molecule is CC1(C)OC(=O)c2ccc(Nc3ncc(-c4nnc(CCCN5CCN(c6ccc7c(c6)C(=O)N(C6CCC(=O)NC6=O)C7=O)CC5)o4)c(N[C@@](C)(CO)c4ccccc4)n3)cc21. The molecule has 1 unspecified atom stereocenters. The minimum atomic E-state index is -1.01. The van der Waals surface area contributed by atoms with E-state index in [9.17, 15) is 29.1 Å². The molecule has 0 saturated carbocycles. The number of ether oxygens (including phenoxy) is 1. The molecular formula is C45H46N10O8. The van der Waals surface area contributed by atoms with Crippen LogP contribution in [0.5, 0.6) is 0 Å². The van der Waals surface area contributed by atoms with Gasteiger partial charge in [0.2, 0.25) is 23.7 Å². The molecule has 0 spiro atoms. The highest BCUT2D eigenvalue weighted by Crippen LogP contribution is 2.38. The number of imide groups is 2. The van der Waals surface area contributed by atoms with Crippen molar-refractivity contribution >= 4 is 52.7 Å². The number of nitrogens with zero attached hydrogens (tertiary/aromatic N) is 7. The molecule has 2 aromatic heterocycles. The summed E-state index contributed by atoms with van der Waals surface area (Å²) >= 11 is 0. The Labute approximate surface area is 362 Å². The highest BCUT2D eigenvalue weighted by molar-refractivity contribution is 6.23. The van der Waals surface area contributed by atoms with Crippen molar-refractivity contribution < 1.29 is 38.2 Å². The van der Waals surface area contributed by atoms with Crippen molar-refractivity contribution in [1.29, 1.82) is 0 Å². The van der Waals surface area contributed by atoms with Crippen LogP contribution in [0, 0.1) is 0 Å². The van der Waals surface area contributed by atoms with Crippen molar-refractivity contribution in [1.82, 2.24) is 35.3 Å². The molecule has 2 fully saturated rings. The van der Waals surface area contributed by atoms with Crippen LogP contribution in [0.2, 0.25) is 0 Å². The number of benzene rings is 3. The number of hydrogen-bond donors (Lipinski definition) is 4. The maximum absolute atomic E-state index is 13.4. The quantitative estimate of drug-likeness (QED) is 0.0964. The smallest absolute Gasteiger partial charge is 0.339 e. The van der Waals surface area contributed by atoms with Gasteiger partial charge in [-0.2, -0.15) is 4.98 Å². The molecule has 4 amide bonds. The number of piperazine rings is 1. The van der Waals surface area contributed by atoms with Gasteiger partial charge in [0.05, 0.1) is 34.4 Å². The van der Waals surface area contributed by atoms with Gasteiger partial charge in [0, 0.05) is 62.2 Å². The average Bonchev–Trinajstić information content (AvgIpc) is 3.92. The Balaban J connectivity index is 0.844. The minimum Gasteiger partial charge on any atom is -0.451 e. The first kappa shape index (κ1) is 41.3. The number of carbonyl (C=O) groups excluding carboxylic acids is 5. The van der Waals surface area contributed by atoms with E-state index in [0.29, 0.717) is 48.0 Å². The van der Waals surface area contributed by atoms with Crippen molar-refractivity contribution in [2.24, 2.45) is 0 Å². The zero-order chi connectivity index (χ0) is 44.0. The Morgan fingerprint density at radius 2 is 1.67 bits per heavy atom. The summed E-state index contributed by atoms with van der Waals surface area (Å²) in [5, 5.41) is 28.3. The minimum absolute atomic E-state index is 0.0670. The van der Waals surface area contributed by atoms with Crippen LogP contribution >= 0.6 is 0 Å². The number of aryl methyl sites for hydroxylation is 1. The van der Waals surface area contributed by atoms with Crippen LogP contribution < -0.4 is 20.9 Å². The lowest BCUT2D eigenvalue weighted by atomic mass is 9.92. The number of anilines is 4. The molecule has 0 bridgehead atoms. The number of rotatable bonds is 13. The summed E-state index contributed by atoms with van der Waals surface area (Å²) in [7, 11) is 0. The number of fused-ring (bicyclic) bond motifs is 2. The first-order valence-electron chi connectivity index (χ1n) is 20.9. The molecule has 63 heavy (non-hydrogen) atoms. The molecule has 4 aliphatic heterocycles. The molecular weight excluding hydrogens is 809 g/mol. The number of carbonyl (C=O) groups is 5. The van der Waals surface area contributed by atoms with Crippen molar-refractivity contribution in [3.05, 3.63) is 107 Å². The van der Waals surface area contributed by atoms with Crippen LogP contribution in [-0.2, 0) is 31.9 Å². The lowest BCUT2D eigenvalue weighted by Crippen LogP contribution is -2.54. The number of aromatic nitrogens is 4. The summed E-state index contributed by atoms with van der Waals surface area (Å²) in [5.41, 5.74) is 2.81. The number of aliphatic hydroxyl groups excluding tert-OH is 1. The summed E-state index contributed by atoms with van der Waals surface area (Å²) in [6, 6.07) is 19.1. The molecule has 18 heteroatoms. The van der Waals surface area contributed by atoms with Crippen LogP contribution in [0.3, 0.4) is 0 Å². The van der Waals surface area contributed by atoms with Crippen molar-refractivity contribution in [2.45, 2.75) is 63.6 Å². The van der Waals surface area contributed by atoms with Crippen molar-refractivity contribution in [2.75, 3.05) is 54.9 Å². The molecule has 6 heterocycles. The van der Waals surface area contributed by atoms with Crippen LogP contribution in [-0.4, -0.2) is 110 Å². The third-order valence-electron chi connectivity index (χ3n) is 12.1. The Hall–Kier alpha value is -7.05. The highest BCUT2D eigenvalue weighted by atomic mass is 16.6. The van der Waals surface area contributed by atoms with E-state index in [2.05, 4.69) is 40.9 Å². The molecule has 5 aromatic rings. The van der Waals surface area contributed by atoms with E-state index in [1.165, 1.54) is 0 Å². The molecule has 0 aliphatic carbocycles. The highest BCUT2D eigenvalue weighted by Gasteiger charge is 2.45. The molecule has 2 atom stereocenters. The third kappa shape index (κ3) is 7.98. The summed E-state index contributed by atoms with van der Waals surface area (Å²) in [5.74, 6) is -1.18. The van der Waals surface area contributed by atoms with E-state index in [1.54, 1.807) is 30.5 Å². The predicted octanol–water partition coefficient (Wildman–Crippen LogP) is 4.15. The Bertz CT molecular complexity index is 2640. The van der Waals surface area contributed by atoms with E-state index >= 15 is 0 Å². The number of aliphatic hydroxyl groups is 1. The fourth-order valence-corrected chi connectivity index (χ4v) is 8.54. The zero-order valence-electron chi connectivity index (χ0n) is 35.0. The second kappa shape index (κ2) is 16.3. The topological polar surface area (TPSA) is 225 Å². The van der Waals surface area contributed by atoms with Crippen molar-refractivity contribution in [3.63, 3.8) is 0 Å². The zero-order valence-corrected chi connectivity index (χ0v) is 35.0. The molecule has 0 radical (unpaired) electrons. The summed E-state index contributed by atoms with van der Waals surface area (Å²) < 4.78 is 11.7. The van der Waals surface area contributed by atoms with Crippen LogP contribution in [0.15, 0.2) is 77.3 Å². The number of cyclic esters (lactones) is 1. The summed E-state index contributed by atoms with van der Waals surface area (Å²) in [4.78, 5) is 77.9. The standard InChI is InChI=1S/C45H46N10O8/c1-44(2)33-22-27(11-13-30(33)42(61)63-44)47-43-46-24-32(37(49-43)50-45(3,25-56)26-8-5-4-6-9-26)39-52-51-36(62-39)10-7-17-53-18-20-54(21-19-53)28-12-14-29-31(23-28)41(60)55(40(29)59)34-15-16-35(57)48-38(34)58/h4-6,8-9,11-14,22-24,34,56H,7,10,15-21,25H2,1-3H3,(H,48,57,58)(H2,46,47,49,50)/t34?,45-/m0/s1. The summed E-state index contributed by atoms with van der Waals surface area (Å²) in [6.07, 6.45) is 3.04. The van der Waals surface area contributed by atoms with Gasteiger partial charge < -0.3 is 29.8 Å². The van der Waals surface area contributed by atoms with Crippen molar-refractivity contribution in [3.8, 4) is 11.5 Å². The van der Waals surface area contributed by atoms with Gasteiger partial charge in [0.1, 0.15) is 17.5 Å². The van der Waals surface area contributed by atoms with Gasteiger partial charge in [-0.05, 0) is 82.1 Å². The number of nitrogens with one attached hydrogen (secondary N) is 3. The number of piperidine rings is 1. The summed E-state index contributed by atoms with van der Waals surface area (Å²) in [6.45, 7) is 9.03. The normalized spacial score (nSPS) is 19.4. The molecule has 2 saturated heterocycles. The van der Waals surface area contributed by atoms with E-state index in [0.717, 1.165) is 47.8 Å². The van der Waals surface area contributed by atoms with E-state index in [-0.39, 0.29) is 48.4 Å². The fraction of sp³-hybridized carbons (Fsp3) is 0.356.